The highest BCUT2D eigenvalue weighted by atomic mass is 16.3. The van der Waals surface area contributed by atoms with Crippen LogP contribution in [0.25, 0.3) is 98.9 Å². The summed E-state index contributed by atoms with van der Waals surface area (Å²) >= 11 is 0. The van der Waals surface area contributed by atoms with Gasteiger partial charge >= 0.3 is 0 Å². The molecule has 0 fully saturated rings. The highest BCUT2D eigenvalue weighted by molar-refractivity contribution is 6.26. The monoisotopic (exact) mass is 691 g/mol. The molecule has 4 heterocycles. The van der Waals surface area contributed by atoms with Crippen LogP contribution in [0, 0.1) is 11.3 Å². The minimum atomic E-state index is -0.0127. The number of rotatable bonds is 3. The molecular formula is C49H29N3O2. The lowest BCUT2D eigenvalue weighted by Crippen LogP contribution is -2.10. The fraction of sp³-hybridized carbons (Fsp3) is 0.0408. The zero-order valence-electron chi connectivity index (χ0n) is 29.0. The number of allylic oxidation sites excluding steroid dienone is 4. The highest BCUT2D eigenvalue weighted by Crippen LogP contribution is 2.46. The van der Waals surface area contributed by atoms with Crippen molar-refractivity contribution in [1.29, 1.82) is 5.26 Å². The van der Waals surface area contributed by atoms with Crippen molar-refractivity contribution in [3.63, 3.8) is 0 Å². The van der Waals surface area contributed by atoms with Crippen molar-refractivity contribution in [3.05, 3.63) is 169 Å². The van der Waals surface area contributed by atoms with E-state index in [-0.39, 0.29) is 5.92 Å². The second-order valence-corrected chi connectivity index (χ2v) is 14.3. The van der Waals surface area contributed by atoms with Crippen molar-refractivity contribution in [2.45, 2.75) is 12.3 Å². The van der Waals surface area contributed by atoms with Gasteiger partial charge in [0.05, 0.1) is 44.1 Å². The van der Waals surface area contributed by atoms with Crippen LogP contribution in [0.2, 0.25) is 0 Å². The number of fused-ring (bicyclic) bond motifs is 14. The molecule has 1 atom stereocenters. The maximum absolute atomic E-state index is 10.8. The number of nitriles is 1. The van der Waals surface area contributed by atoms with Gasteiger partial charge in [0, 0.05) is 43.9 Å². The molecule has 0 saturated heterocycles. The van der Waals surface area contributed by atoms with Crippen LogP contribution in [0.3, 0.4) is 0 Å². The van der Waals surface area contributed by atoms with Crippen molar-refractivity contribution >= 4 is 93.2 Å². The first-order chi connectivity index (χ1) is 26.8. The number of aromatic nitrogens is 2. The third kappa shape index (κ3) is 3.86. The molecule has 1 aliphatic rings. The van der Waals surface area contributed by atoms with Gasteiger partial charge < -0.3 is 18.0 Å². The molecule has 1 aliphatic carbocycles. The molecule has 0 bridgehead atoms. The molecule has 5 heteroatoms. The van der Waals surface area contributed by atoms with Gasteiger partial charge in [-0.25, -0.2) is 0 Å². The molecule has 0 radical (unpaired) electrons. The van der Waals surface area contributed by atoms with Gasteiger partial charge in [-0.1, -0.05) is 97.1 Å². The fourth-order valence-electron chi connectivity index (χ4n) is 9.30. The Kier molecular flexibility index (Phi) is 5.90. The maximum Gasteiger partial charge on any atom is 0.137 e. The Morgan fingerprint density at radius 3 is 1.70 bits per heavy atom. The summed E-state index contributed by atoms with van der Waals surface area (Å²) in [6, 6.07) is 51.1. The Balaban J connectivity index is 1.12. The maximum atomic E-state index is 10.8. The van der Waals surface area contributed by atoms with Crippen molar-refractivity contribution in [3.8, 4) is 11.8 Å². The molecular weight excluding hydrogens is 663 g/mol. The van der Waals surface area contributed by atoms with Crippen LogP contribution in [-0.4, -0.2) is 9.13 Å². The van der Waals surface area contributed by atoms with E-state index in [1.807, 2.05) is 36.4 Å². The summed E-state index contributed by atoms with van der Waals surface area (Å²) in [5.74, 6) is -0.0127. The molecule has 12 rings (SSSR count). The first-order valence-corrected chi connectivity index (χ1v) is 18.3. The average molecular weight is 692 g/mol. The number of nitrogens with zero attached hydrogens (tertiary/aromatic N) is 3. The smallest absolute Gasteiger partial charge is 0.137 e. The van der Waals surface area contributed by atoms with Gasteiger partial charge in [0.1, 0.15) is 28.4 Å². The van der Waals surface area contributed by atoms with Crippen molar-refractivity contribution in [2.75, 3.05) is 0 Å². The summed E-state index contributed by atoms with van der Waals surface area (Å²) in [6.07, 6.45) is 7.46. The second-order valence-electron chi connectivity index (χ2n) is 14.3. The number of hydrogen-bond acceptors (Lipinski definition) is 3. The molecule has 0 spiro atoms. The molecule has 0 aliphatic heterocycles. The SMILES string of the molecule is N#Cc1cccc([C@@H]2C=CC=C(n3c4ccccc4c4ccc5oc6ccccc6c5c43)C2)c1-n1c2ccccc2c2ccc3oc4ccccc4c3c21. The van der Waals surface area contributed by atoms with Crippen LogP contribution in [-0.2, 0) is 0 Å². The van der Waals surface area contributed by atoms with E-state index in [1.54, 1.807) is 0 Å². The van der Waals surface area contributed by atoms with E-state index in [2.05, 4.69) is 137 Å². The number of para-hydroxylation sites is 5. The molecule has 0 saturated carbocycles. The van der Waals surface area contributed by atoms with E-state index in [1.165, 1.54) is 16.5 Å². The van der Waals surface area contributed by atoms with Gasteiger partial charge in [-0.2, -0.15) is 5.26 Å². The largest absolute Gasteiger partial charge is 0.456 e. The van der Waals surface area contributed by atoms with E-state index in [4.69, 9.17) is 8.83 Å². The first-order valence-electron chi connectivity index (χ1n) is 18.3. The van der Waals surface area contributed by atoms with Crippen LogP contribution >= 0.6 is 0 Å². The number of benzene rings is 7. The lowest BCUT2D eigenvalue weighted by Gasteiger charge is -2.25. The molecule has 252 valence electrons. The van der Waals surface area contributed by atoms with Gasteiger partial charge in [0.2, 0.25) is 0 Å². The predicted molar refractivity (Wildman–Crippen MR) is 220 cm³/mol. The summed E-state index contributed by atoms with van der Waals surface area (Å²) in [5, 5.41) is 19.8. The Labute approximate surface area is 308 Å². The normalized spacial score (nSPS) is 14.8. The van der Waals surface area contributed by atoms with Gasteiger partial charge in [-0.15, -0.1) is 0 Å². The molecule has 0 amide bonds. The quantitative estimate of drug-likeness (QED) is 0.185. The minimum absolute atomic E-state index is 0.0127. The van der Waals surface area contributed by atoms with Crippen molar-refractivity contribution < 1.29 is 8.83 Å². The van der Waals surface area contributed by atoms with Crippen LogP contribution in [0.15, 0.2) is 167 Å². The van der Waals surface area contributed by atoms with Gasteiger partial charge in [-0.3, -0.25) is 0 Å². The average Bonchev–Trinajstić information content (AvgIpc) is 3.98. The zero-order valence-corrected chi connectivity index (χ0v) is 29.0. The van der Waals surface area contributed by atoms with E-state index < -0.39 is 0 Å². The van der Waals surface area contributed by atoms with Gasteiger partial charge in [0.25, 0.3) is 0 Å². The lowest BCUT2D eigenvalue weighted by atomic mass is 9.88. The van der Waals surface area contributed by atoms with Gasteiger partial charge in [-0.05, 0) is 72.7 Å². The summed E-state index contributed by atoms with van der Waals surface area (Å²) in [5.41, 5.74) is 11.7. The topological polar surface area (TPSA) is 59.9 Å². The van der Waals surface area contributed by atoms with Crippen molar-refractivity contribution in [2.24, 2.45) is 0 Å². The van der Waals surface area contributed by atoms with E-state index in [0.29, 0.717) is 5.56 Å². The van der Waals surface area contributed by atoms with E-state index >= 15 is 0 Å². The van der Waals surface area contributed by atoms with Crippen LogP contribution in [0.1, 0.15) is 23.5 Å². The summed E-state index contributed by atoms with van der Waals surface area (Å²) in [6.45, 7) is 0. The standard InChI is InChI=1S/C49H29N3O2/c50-28-30-12-10-18-32(47(30)52-40-20-6-2-15-34(40)36-24-26-44-46(49(36)52)38-17-4-8-22-42(38)54-44)29-11-9-13-31(27-29)51-39-19-5-1-14-33(39)35-23-25-43-45(48(35)51)37-16-3-7-21-41(37)53-43/h1-26,29H,27H2/t29-/m1/s1. The minimum Gasteiger partial charge on any atom is -0.456 e. The Bertz CT molecular complexity index is 3500. The Morgan fingerprint density at radius 2 is 1.07 bits per heavy atom. The molecule has 5 nitrogen and oxygen atoms in total. The summed E-state index contributed by atoms with van der Waals surface area (Å²) in [4.78, 5) is 0. The highest BCUT2D eigenvalue weighted by Gasteiger charge is 2.27. The molecule has 0 N–H and O–H groups in total. The molecule has 0 unspecified atom stereocenters. The van der Waals surface area contributed by atoms with E-state index in [9.17, 15) is 5.26 Å². The first kappa shape index (κ1) is 29.3. The summed E-state index contributed by atoms with van der Waals surface area (Å²) < 4.78 is 17.6. The molecule has 54 heavy (non-hydrogen) atoms. The third-order valence-electron chi connectivity index (χ3n) is 11.5. The lowest BCUT2D eigenvalue weighted by molar-refractivity contribution is 0.669. The second kappa shape index (κ2) is 10.9. The van der Waals surface area contributed by atoms with Crippen LogP contribution in [0.4, 0.5) is 0 Å². The third-order valence-corrected chi connectivity index (χ3v) is 11.5. The number of furan rings is 2. The zero-order chi connectivity index (χ0) is 35.5. The van der Waals surface area contributed by atoms with Crippen LogP contribution in [0.5, 0.6) is 0 Å². The van der Waals surface area contributed by atoms with Gasteiger partial charge in [0.15, 0.2) is 0 Å². The van der Waals surface area contributed by atoms with Crippen molar-refractivity contribution in [1.82, 2.24) is 9.13 Å². The Morgan fingerprint density at radius 1 is 0.519 bits per heavy atom. The van der Waals surface area contributed by atoms with Crippen LogP contribution < -0.4 is 0 Å². The summed E-state index contributed by atoms with van der Waals surface area (Å²) in [7, 11) is 0. The number of hydrogen-bond donors (Lipinski definition) is 0. The Hall–Kier alpha value is -7.29. The molecule has 11 aromatic rings. The predicted octanol–water partition coefficient (Wildman–Crippen LogP) is 13.1. The van der Waals surface area contributed by atoms with E-state index in [0.717, 1.165) is 94.4 Å². The fourth-order valence-corrected chi connectivity index (χ4v) is 9.30. The molecule has 7 aromatic carbocycles. The molecule has 4 aromatic heterocycles.